The monoisotopic (exact) mass is 287 g/mol. The van der Waals surface area contributed by atoms with Crippen molar-refractivity contribution in [2.75, 3.05) is 18.3 Å². The SMILES string of the molecule is CNS(=O)(=O)Nc1ccc(C(=O)NCC(=O)O)cc1. The Balaban J connectivity index is 2.71. The van der Waals surface area contributed by atoms with Crippen molar-refractivity contribution in [2.24, 2.45) is 0 Å². The number of anilines is 1. The van der Waals surface area contributed by atoms with Crippen LogP contribution in [0.4, 0.5) is 5.69 Å². The van der Waals surface area contributed by atoms with E-state index in [1.54, 1.807) is 0 Å². The molecule has 104 valence electrons. The van der Waals surface area contributed by atoms with Gasteiger partial charge in [-0.3, -0.25) is 14.3 Å². The van der Waals surface area contributed by atoms with Crippen LogP contribution in [0.2, 0.25) is 0 Å². The van der Waals surface area contributed by atoms with Gasteiger partial charge in [0.2, 0.25) is 0 Å². The molecule has 1 aromatic rings. The maximum Gasteiger partial charge on any atom is 0.322 e. The Morgan fingerprint density at radius 1 is 1.21 bits per heavy atom. The molecule has 0 radical (unpaired) electrons. The summed E-state index contributed by atoms with van der Waals surface area (Å²) in [5.41, 5.74) is 0.512. The lowest BCUT2D eigenvalue weighted by atomic mass is 10.2. The predicted octanol–water partition coefficient (Wildman–Crippen LogP) is -0.623. The Bertz CT molecular complexity index is 567. The summed E-state index contributed by atoms with van der Waals surface area (Å²) in [4.78, 5) is 21.8. The smallest absolute Gasteiger partial charge is 0.322 e. The molecule has 1 aromatic carbocycles. The van der Waals surface area contributed by atoms with E-state index in [0.29, 0.717) is 0 Å². The Hall–Kier alpha value is -2.13. The third-order valence-corrected chi connectivity index (χ3v) is 3.11. The number of benzene rings is 1. The van der Waals surface area contributed by atoms with Crippen molar-refractivity contribution >= 4 is 27.8 Å². The van der Waals surface area contributed by atoms with Crippen molar-refractivity contribution in [1.82, 2.24) is 10.0 Å². The van der Waals surface area contributed by atoms with Gasteiger partial charge in [0.15, 0.2) is 0 Å². The number of carboxylic acids is 1. The summed E-state index contributed by atoms with van der Waals surface area (Å²) in [7, 11) is -2.35. The fourth-order valence-corrected chi connectivity index (χ4v) is 1.70. The third kappa shape index (κ3) is 4.94. The van der Waals surface area contributed by atoms with Gasteiger partial charge in [-0.2, -0.15) is 8.42 Å². The molecule has 0 saturated heterocycles. The fourth-order valence-electron chi connectivity index (χ4n) is 1.15. The van der Waals surface area contributed by atoms with Crippen LogP contribution in [0.5, 0.6) is 0 Å². The van der Waals surface area contributed by atoms with Gasteiger partial charge >= 0.3 is 5.97 Å². The number of aliphatic carboxylic acids is 1. The zero-order chi connectivity index (χ0) is 14.5. The highest BCUT2D eigenvalue weighted by Gasteiger charge is 2.09. The first kappa shape index (κ1) is 14.9. The van der Waals surface area contributed by atoms with E-state index >= 15 is 0 Å². The van der Waals surface area contributed by atoms with Crippen molar-refractivity contribution in [3.05, 3.63) is 29.8 Å². The molecule has 1 amide bonds. The number of nitrogens with one attached hydrogen (secondary N) is 3. The number of carboxylic acid groups (broad SMARTS) is 1. The number of amides is 1. The highest BCUT2D eigenvalue weighted by atomic mass is 32.2. The van der Waals surface area contributed by atoms with E-state index < -0.39 is 28.6 Å². The Kier molecular flexibility index (Phi) is 4.84. The molecule has 0 aliphatic heterocycles. The van der Waals surface area contributed by atoms with Gasteiger partial charge < -0.3 is 10.4 Å². The molecule has 19 heavy (non-hydrogen) atoms. The molecule has 4 N–H and O–H groups in total. The van der Waals surface area contributed by atoms with Crippen LogP contribution in [0.3, 0.4) is 0 Å². The second-order valence-corrected chi connectivity index (χ2v) is 5.08. The molecule has 0 fully saturated rings. The molecule has 0 saturated carbocycles. The van der Waals surface area contributed by atoms with Crippen molar-refractivity contribution in [2.45, 2.75) is 0 Å². The zero-order valence-electron chi connectivity index (χ0n) is 10.0. The summed E-state index contributed by atoms with van der Waals surface area (Å²) in [5.74, 6) is -1.70. The van der Waals surface area contributed by atoms with Crippen LogP contribution in [0.15, 0.2) is 24.3 Å². The molecule has 0 aromatic heterocycles. The van der Waals surface area contributed by atoms with Gasteiger partial charge in [-0.05, 0) is 24.3 Å². The van der Waals surface area contributed by atoms with Crippen LogP contribution < -0.4 is 14.8 Å². The Morgan fingerprint density at radius 3 is 2.26 bits per heavy atom. The lowest BCUT2D eigenvalue weighted by Crippen LogP contribution is -2.29. The van der Waals surface area contributed by atoms with Gasteiger partial charge in [-0.25, -0.2) is 4.72 Å². The first-order valence-electron chi connectivity index (χ1n) is 5.15. The van der Waals surface area contributed by atoms with E-state index in [4.69, 9.17) is 5.11 Å². The number of carbonyl (C=O) groups is 2. The second-order valence-electron chi connectivity index (χ2n) is 3.46. The normalized spacial score (nSPS) is 10.8. The molecular formula is C10H13N3O5S. The number of hydrogen-bond donors (Lipinski definition) is 4. The Morgan fingerprint density at radius 2 is 1.79 bits per heavy atom. The van der Waals surface area contributed by atoms with Crippen LogP contribution >= 0.6 is 0 Å². The van der Waals surface area contributed by atoms with Crippen molar-refractivity contribution in [3.63, 3.8) is 0 Å². The standard InChI is InChI=1S/C10H13N3O5S/c1-11-19(17,18)13-8-4-2-7(3-5-8)10(16)12-6-9(14)15/h2-5,11,13H,6H2,1H3,(H,12,16)(H,14,15). The van der Waals surface area contributed by atoms with Gasteiger partial charge in [-0.1, -0.05) is 0 Å². The topological polar surface area (TPSA) is 125 Å². The molecule has 0 aliphatic rings. The molecular weight excluding hydrogens is 274 g/mol. The highest BCUT2D eigenvalue weighted by Crippen LogP contribution is 2.10. The molecule has 0 bridgehead atoms. The summed E-state index contributed by atoms with van der Waals surface area (Å²) < 4.78 is 26.7. The zero-order valence-corrected chi connectivity index (χ0v) is 10.8. The van der Waals surface area contributed by atoms with E-state index in [1.807, 2.05) is 0 Å². The summed E-state index contributed by atoms with van der Waals surface area (Å²) in [6.45, 7) is -0.479. The van der Waals surface area contributed by atoms with E-state index in [9.17, 15) is 18.0 Å². The minimum Gasteiger partial charge on any atom is -0.480 e. The van der Waals surface area contributed by atoms with Crippen molar-refractivity contribution in [1.29, 1.82) is 0 Å². The maximum absolute atomic E-state index is 11.5. The van der Waals surface area contributed by atoms with Gasteiger partial charge in [-0.15, -0.1) is 0 Å². The number of carbonyl (C=O) groups excluding carboxylic acids is 1. The highest BCUT2D eigenvalue weighted by molar-refractivity contribution is 7.90. The minimum atomic E-state index is -3.61. The van der Waals surface area contributed by atoms with E-state index in [1.165, 1.54) is 31.3 Å². The van der Waals surface area contributed by atoms with E-state index in [2.05, 4.69) is 14.8 Å². The quantitative estimate of drug-likeness (QED) is 0.555. The van der Waals surface area contributed by atoms with Crippen LogP contribution in [0.1, 0.15) is 10.4 Å². The Labute approximate surface area is 110 Å². The molecule has 8 nitrogen and oxygen atoms in total. The van der Waals surface area contributed by atoms with Gasteiger partial charge in [0, 0.05) is 18.3 Å². The number of hydrogen-bond acceptors (Lipinski definition) is 4. The first-order chi connectivity index (χ1) is 8.84. The van der Waals surface area contributed by atoms with Crippen LogP contribution in [0, 0.1) is 0 Å². The van der Waals surface area contributed by atoms with Crippen molar-refractivity contribution in [3.8, 4) is 0 Å². The minimum absolute atomic E-state index is 0.230. The molecule has 0 aliphatic carbocycles. The van der Waals surface area contributed by atoms with E-state index in [0.717, 1.165) is 0 Å². The summed E-state index contributed by atoms with van der Waals surface area (Å²) >= 11 is 0. The van der Waals surface area contributed by atoms with Gasteiger partial charge in [0.05, 0.1) is 0 Å². The van der Waals surface area contributed by atoms with Crippen LogP contribution in [0.25, 0.3) is 0 Å². The lowest BCUT2D eigenvalue weighted by molar-refractivity contribution is -0.135. The third-order valence-electron chi connectivity index (χ3n) is 2.07. The molecule has 0 heterocycles. The maximum atomic E-state index is 11.5. The predicted molar refractivity (Wildman–Crippen MR) is 68.0 cm³/mol. The summed E-state index contributed by atoms with van der Waals surface area (Å²) in [6.07, 6.45) is 0. The lowest BCUT2D eigenvalue weighted by Gasteiger charge is -2.07. The fraction of sp³-hybridized carbons (Fsp3) is 0.200. The van der Waals surface area contributed by atoms with E-state index in [-0.39, 0.29) is 11.3 Å². The number of rotatable bonds is 6. The average molecular weight is 287 g/mol. The van der Waals surface area contributed by atoms with Crippen molar-refractivity contribution < 1.29 is 23.1 Å². The van der Waals surface area contributed by atoms with Gasteiger partial charge in [0.25, 0.3) is 16.1 Å². The average Bonchev–Trinajstić information content (AvgIpc) is 2.36. The second kappa shape index (κ2) is 6.16. The molecule has 1 rings (SSSR count). The largest absolute Gasteiger partial charge is 0.480 e. The van der Waals surface area contributed by atoms with Crippen LogP contribution in [-0.2, 0) is 15.0 Å². The van der Waals surface area contributed by atoms with Gasteiger partial charge in [0.1, 0.15) is 6.54 Å². The molecule has 0 atom stereocenters. The summed E-state index contributed by atoms with van der Waals surface area (Å²) in [6, 6.07) is 5.55. The van der Waals surface area contributed by atoms with Crippen LogP contribution in [-0.4, -0.2) is 39.0 Å². The first-order valence-corrected chi connectivity index (χ1v) is 6.64. The molecule has 9 heteroatoms. The molecule has 0 spiro atoms. The molecule has 0 unspecified atom stereocenters. The summed E-state index contributed by atoms with van der Waals surface area (Å²) in [5, 5.41) is 10.6.